The highest BCUT2D eigenvalue weighted by Gasteiger charge is 2.20. The van der Waals surface area contributed by atoms with Crippen LogP contribution in [-0.2, 0) is 0 Å². The van der Waals surface area contributed by atoms with Gasteiger partial charge in [-0.2, -0.15) is 10.2 Å². The number of aromatic nitrogens is 2. The largest absolute Gasteiger partial charge is 0.289 e. The summed E-state index contributed by atoms with van der Waals surface area (Å²) >= 11 is 0. The van der Waals surface area contributed by atoms with Crippen molar-refractivity contribution in [2.75, 3.05) is 0 Å². The van der Waals surface area contributed by atoms with E-state index in [0.29, 0.717) is 11.5 Å². The van der Waals surface area contributed by atoms with Crippen LogP contribution < -0.4 is 0 Å². The summed E-state index contributed by atoms with van der Waals surface area (Å²) in [7, 11) is 0. The van der Waals surface area contributed by atoms with E-state index in [1.807, 2.05) is 18.2 Å². The van der Waals surface area contributed by atoms with Crippen molar-refractivity contribution < 1.29 is 4.79 Å². The van der Waals surface area contributed by atoms with Gasteiger partial charge in [-0.05, 0) is 36.5 Å². The molecule has 3 nitrogen and oxygen atoms in total. The van der Waals surface area contributed by atoms with E-state index >= 15 is 0 Å². The summed E-state index contributed by atoms with van der Waals surface area (Å²) in [5.41, 5.74) is 2.62. The average molecular weight is 238 g/mol. The Balaban J connectivity index is 1.90. The molecule has 0 saturated heterocycles. The van der Waals surface area contributed by atoms with Crippen LogP contribution in [0.1, 0.15) is 46.7 Å². The molecule has 1 aromatic carbocycles. The first-order chi connectivity index (χ1) is 8.84. The minimum absolute atomic E-state index is 0.0195. The molecule has 0 unspecified atom stereocenters. The van der Waals surface area contributed by atoms with Crippen molar-refractivity contribution in [2.45, 2.75) is 25.2 Å². The number of hydrogen-bond acceptors (Lipinski definition) is 3. The zero-order valence-corrected chi connectivity index (χ0v) is 10.0. The third kappa shape index (κ3) is 2.04. The second-order valence-electron chi connectivity index (χ2n) is 4.71. The van der Waals surface area contributed by atoms with Crippen molar-refractivity contribution in [2.24, 2.45) is 0 Å². The van der Waals surface area contributed by atoms with Crippen LogP contribution >= 0.6 is 0 Å². The Morgan fingerprint density at radius 3 is 2.67 bits per heavy atom. The quantitative estimate of drug-likeness (QED) is 0.772. The molecule has 1 aromatic heterocycles. The Hall–Kier alpha value is -2.03. The number of benzene rings is 1. The Kier molecular flexibility index (Phi) is 2.89. The van der Waals surface area contributed by atoms with E-state index < -0.39 is 0 Å². The molecule has 18 heavy (non-hydrogen) atoms. The van der Waals surface area contributed by atoms with Gasteiger partial charge in [-0.15, -0.1) is 0 Å². The number of carbonyl (C=O) groups excluding carboxylic acids is 1. The van der Waals surface area contributed by atoms with Gasteiger partial charge in [0.2, 0.25) is 0 Å². The first-order valence-corrected chi connectivity index (χ1v) is 6.26. The molecule has 1 saturated carbocycles. The van der Waals surface area contributed by atoms with Gasteiger partial charge in [0.1, 0.15) is 0 Å². The lowest BCUT2D eigenvalue weighted by Gasteiger charge is -2.26. The van der Waals surface area contributed by atoms with Gasteiger partial charge in [-0.25, -0.2) is 0 Å². The number of ketones is 1. The molecule has 1 aliphatic rings. The zero-order valence-electron chi connectivity index (χ0n) is 10.0. The van der Waals surface area contributed by atoms with E-state index in [1.165, 1.54) is 31.0 Å². The van der Waals surface area contributed by atoms with Gasteiger partial charge in [0.05, 0.1) is 12.4 Å². The molecule has 3 rings (SSSR count). The SMILES string of the molecule is O=C(c1ccnnc1)c1cccc(C2CCC2)c1. The fraction of sp³-hybridized carbons (Fsp3) is 0.267. The van der Waals surface area contributed by atoms with Crippen LogP contribution in [-0.4, -0.2) is 16.0 Å². The molecule has 0 N–H and O–H groups in total. The van der Waals surface area contributed by atoms with Crippen LogP contribution in [0.3, 0.4) is 0 Å². The van der Waals surface area contributed by atoms with Crippen molar-refractivity contribution in [3.63, 3.8) is 0 Å². The Morgan fingerprint density at radius 1 is 1.11 bits per heavy atom. The van der Waals surface area contributed by atoms with Gasteiger partial charge in [0, 0.05) is 11.1 Å². The molecule has 1 aliphatic carbocycles. The molecular formula is C15H14N2O. The zero-order chi connectivity index (χ0) is 12.4. The van der Waals surface area contributed by atoms with Gasteiger partial charge in [0.25, 0.3) is 0 Å². The molecule has 0 amide bonds. The van der Waals surface area contributed by atoms with E-state index in [1.54, 1.807) is 12.3 Å². The van der Waals surface area contributed by atoms with Crippen LogP contribution in [0.5, 0.6) is 0 Å². The fourth-order valence-corrected chi connectivity index (χ4v) is 2.27. The Morgan fingerprint density at radius 2 is 2.00 bits per heavy atom. The van der Waals surface area contributed by atoms with Gasteiger partial charge >= 0.3 is 0 Å². The summed E-state index contributed by atoms with van der Waals surface area (Å²) in [6.07, 6.45) is 6.85. The molecular weight excluding hydrogens is 224 g/mol. The van der Waals surface area contributed by atoms with E-state index in [4.69, 9.17) is 0 Å². The van der Waals surface area contributed by atoms with E-state index in [2.05, 4.69) is 16.3 Å². The third-order valence-electron chi connectivity index (χ3n) is 3.57. The highest BCUT2D eigenvalue weighted by Crippen LogP contribution is 2.36. The summed E-state index contributed by atoms with van der Waals surface area (Å²) in [5.74, 6) is 0.666. The number of hydrogen-bond donors (Lipinski definition) is 0. The second-order valence-corrected chi connectivity index (χ2v) is 4.71. The van der Waals surface area contributed by atoms with Crippen LogP contribution in [0.2, 0.25) is 0 Å². The number of rotatable bonds is 3. The first kappa shape index (κ1) is 11.1. The summed E-state index contributed by atoms with van der Waals surface area (Å²) in [4.78, 5) is 12.3. The molecule has 0 aliphatic heterocycles. The van der Waals surface area contributed by atoms with Gasteiger partial charge in [-0.1, -0.05) is 24.6 Å². The topological polar surface area (TPSA) is 42.9 Å². The van der Waals surface area contributed by atoms with Crippen molar-refractivity contribution in [3.05, 3.63) is 59.4 Å². The van der Waals surface area contributed by atoms with E-state index in [-0.39, 0.29) is 5.78 Å². The first-order valence-electron chi connectivity index (χ1n) is 6.26. The smallest absolute Gasteiger partial charge is 0.194 e. The molecule has 1 fully saturated rings. The summed E-state index contributed by atoms with van der Waals surface area (Å²) in [5, 5.41) is 7.43. The number of nitrogens with zero attached hydrogens (tertiary/aromatic N) is 2. The Labute approximate surface area is 106 Å². The predicted octanol–water partition coefficient (Wildman–Crippen LogP) is 2.98. The highest BCUT2D eigenvalue weighted by atomic mass is 16.1. The monoisotopic (exact) mass is 238 g/mol. The molecule has 0 atom stereocenters. The van der Waals surface area contributed by atoms with Crippen LogP contribution in [0.25, 0.3) is 0 Å². The maximum Gasteiger partial charge on any atom is 0.194 e. The second kappa shape index (κ2) is 4.69. The lowest BCUT2D eigenvalue weighted by Crippen LogP contribution is -2.10. The van der Waals surface area contributed by atoms with E-state index in [0.717, 1.165) is 5.56 Å². The molecule has 3 heteroatoms. The molecule has 0 spiro atoms. The third-order valence-corrected chi connectivity index (χ3v) is 3.57. The lowest BCUT2D eigenvalue weighted by atomic mass is 9.79. The maximum atomic E-state index is 12.3. The molecule has 1 heterocycles. The number of carbonyl (C=O) groups is 1. The fourth-order valence-electron chi connectivity index (χ4n) is 2.27. The summed E-state index contributed by atoms with van der Waals surface area (Å²) in [6, 6.07) is 9.67. The molecule has 0 radical (unpaired) electrons. The standard InChI is InChI=1S/C15H14N2O/c18-15(14-7-8-16-17-10-14)13-6-2-5-12(9-13)11-3-1-4-11/h2,5-11H,1,3-4H2. The lowest BCUT2D eigenvalue weighted by molar-refractivity contribution is 0.103. The molecule has 2 aromatic rings. The van der Waals surface area contributed by atoms with Crippen molar-refractivity contribution >= 4 is 5.78 Å². The van der Waals surface area contributed by atoms with Crippen molar-refractivity contribution in [1.82, 2.24) is 10.2 Å². The van der Waals surface area contributed by atoms with E-state index in [9.17, 15) is 4.79 Å². The van der Waals surface area contributed by atoms with Gasteiger partial charge in [0.15, 0.2) is 5.78 Å². The minimum Gasteiger partial charge on any atom is -0.289 e. The normalized spacial score (nSPS) is 15.1. The highest BCUT2D eigenvalue weighted by molar-refractivity contribution is 6.08. The van der Waals surface area contributed by atoms with Crippen LogP contribution in [0, 0.1) is 0 Å². The summed E-state index contributed by atoms with van der Waals surface area (Å²) < 4.78 is 0. The van der Waals surface area contributed by atoms with Crippen molar-refractivity contribution in [3.8, 4) is 0 Å². The molecule has 90 valence electrons. The van der Waals surface area contributed by atoms with Gasteiger partial charge in [-0.3, -0.25) is 4.79 Å². The van der Waals surface area contributed by atoms with Crippen molar-refractivity contribution in [1.29, 1.82) is 0 Å². The maximum absolute atomic E-state index is 12.3. The Bertz CT molecular complexity index is 562. The van der Waals surface area contributed by atoms with Crippen LogP contribution in [0.15, 0.2) is 42.7 Å². The summed E-state index contributed by atoms with van der Waals surface area (Å²) in [6.45, 7) is 0. The average Bonchev–Trinajstić information content (AvgIpc) is 2.37. The van der Waals surface area contributed by atoms with Gasteiger partial charge < -0.3 is 0 Å². The minimum atomic E-state index is 0.0195. The van der Waals surface area contributed by atoms with Crippen LogP contribution in [0.4, 0.5) is 0 Å². The molecule has 0 bridgehead atoms. The predicted molar refractivity (Wildman–Crippen MR) is 68.5 cm³/mol.